The number of hydrogen-bond acceptors (Lipinski definition) is 2. The van der Waals surface area contributed by atoms with Crippen molar-refractivity contribution in [3.8, 4) is 5.75 Å². The Hall–Kier alpha value is -1.77. The van der Waals surface area contributed by atoms with Crippen LogP contribution in [0.3, 0.4) is 0 Å². The lowest BCUT2D eigenvalue weighted by Gasteiger charge is -2.12. The number of hydrogen-bond donors (Lipinski definition) is 1. The second-order valence-corrected chi connectivity index (χ2v) is 3.94. The number of benzene rings is 1. The highest BCUT2D eigenvalue weighted by Gasteiger charge is 2.05. The van der Waals surface area contributed by atoms with Gasteiger partial charge in [0.1, 0.15) is 12.4 Å². The van der Waals surface area contributed by atoms with E-state index in [-0.39, 0.29) is 0 Å². The highest BCUT2D eigenvalue weighted by Crippen LogP contribution is 2.26. The van der Waals surface area contributed by atoms with E-state index in [2.05, 4.69) is 11.9 Å². The van der Waals surface area contributed by atoms with Crippen LogP contribution >= 0.6 is 0 Å². The van der Waals surface area contributed by atoms with E-state index in [4.69, 9.17) is 4.74 Å². The molecule has 0 aliphatic carbocycles. The molecule has 0 aliphatic rings. The van der Waals surface area contributed by atoms with Crippen molar-refractivity contribution in [1.82, 2.24) is 0 Å². The van der Waals surface area contributed by atoms with Crippen LogP contribution in [0.25, 0.3) is 0 Å². The lowest BCUT2D eigenvalue weighted by molar-refractivity contribution is -0.105. The van der Waals surface area contributed by atoms with Crippen molar-refractivity contribution in [2.75, 3.05) is 11.9 Å². The Morgan fingerprint density at radius 1 is 1.44 bits per heavy atom. The zero-order chi connectivity index (χ0) is 12.1. The summed E-state index contributed by atoms with van der Waals surface area (Å²) in [5.41, 5.74) is 3.77. The quantitative estimate of drug-likeness (QED) is 0.611. The van der Waals surface area contributed by atoms with Gasteiger partial charge in [0, 0.05) is 5.69 Å². The van der Waals surface area contributed by atoms with Crippen molar-refractivity contribution in [2.24, 2.45) is 0 Å². The predicted octanol–water partition coefficient (Wildman–Crippen LogP) is 2.83. The number of ether oxygens (including phenoxy) is 1. The zero-order valence-corrected chi connectivity index (χ0v) is 9.96. The van der Waals surface area contributed by atoms with E-state index in [0.29, 0.717) is 13.0 Å². The summed E-state index contributed by atoms with van der Waals surface area (Å²) in [6, 6.07) is 3.82. The van der Waals surface area contributed by atoms with Crippen LogP contribution in [0, 0.1) is 13.8 Å². The molecule has 1 rings (SSSR count). The van der Waals surface area contributed by atoms with E-state index in [1.54, 1.807) is 0 Å². The van der Waals surface area contributed by atoms with Gasteiger partial charge in [0.05, 0.1) is 0 Å². The first-order valence-electron chi connectivity index (χ1n) is 5.13. The lowest BCUT2D eigenvalue weighted by atomic mass is 10.1. The molecule has 0 atom stereocenters. The van der Waals surface area contributed by atoms with Crippen LogP contribution in [-0.2, 0) is 4.79 Å². The minimum Gasteiger partial charge on any atom is -0.489 e. The van der Waals surface area contributed by atoms with Crippen molar-refractivity contribution in [1.29, 1.82) is 0 Å². The van der Waals surface area contributed by atoms with Crippen LogP contribution < -0.4 is 10.1 Å². The molecule has 0 radical (unpaired) electrons. The van der Waals surface area contributed by atoms with Gasteiger partial charge in [-0.1, -0.05) is 6.58 Å². The van der Waals surface area contributed by atoms with Crippen LogP contribution in [-0.4, -0.2) is 13.0 Å². The smallest absolute Gasteiger partial charge is 0.211 e. The molecule has 3 nitrogen and oxygen atoms in total. The Balaban J connectivity index is 2.91. The molecule has 1 aromatic rings. The number of nitrogens with one attached hydrogen (secondary N) is 1. The lowest BCUT2D eigenvalue weighted by Crippen LogP contribution is -2.02. The third kappa shape index (κ3) is 3.12. The third-order valence-corrected chi connectivity index (χ3v) is 2.21. The van der Waals surface area contributed by atoms with Gasteiger partial charge in [-0.3, -0.25) is 4.79 Å². The summed E-state index contributed by atoms with van der Waals surface area (Å²) in [6.45, 7) is 10.1. The maximum absolute atomic E-state index is 10.4. The molecule has 3 heteroatoms. The summed E-state index contributed by atoms with van der Waals surface area (Å²) in [7, 11) is 0. The Labute approximate surface area is 96.1 Å². The van der Waals surface area contributed by atoms with Crippen LogP contribution in [0.15, 0.2) is 24.3 Å². The number of carbonyl (C=O) groups excluding carboxylic acids is 1. The molecular formula is C13H17NO2. The fraction of sp³-hybridized carbons (Fsp3) is 0.308. The van der Waals surface area contributed by atoms with Crippen molar-refractivity contribution in [3.05, 3.63) is 35.4 Å². The van der Waals surface area contributed by atoms with Gasteiger partial charge in [0.15, 0.2) is 0 Å². The van der Waals surface area contributed by atoms with Crippen molar-refractivity contribution in [3.63, 3.8) is 0 Å². The van der Waals surface area contributed by atoms with Gasteiger partial charge >= 0.3 is 0 Å². The van der Waals surface area contributed by atoms with E-state index in [0.717, 1.165) is 28.1 Å². The molecular weight excluding hydrogens is 202 g/mol. The van der Waals surface area contributed by atoms with Gasteiger partial charge in [0.2, 0.25) is 6.41 Å². The molecule has 0 saturated heterocycles. The molecule has 0 saturated carbocycles. The molecule has 0 heterocycles. The Morgan fingerprint density at radius 3 is 2.69 bits per heavy atom. The van der Waals surface area contributed by atoms with E-state index in [1.165, 1.54) is 0 Å². The number of rotatable bonds is 5. The first kappa shape index (κ1) is 12.3. The SMILES string of the molecule is C=C(C)COc1cc(C)c(NC=O)cc1C. The molecule has 0 bridgehead atoms. The third-order valence-electron chi connectivity index (χ3n) is 2.21. The second kappa shape index (κ2) is 5.35. The summed E-state index contributed by atoms with van der Waals surface area (Å²) in [4.78, 5) is 10.4. The molecule has 16 heavy (non-hydrogen) atoms. The maximum Gasteiger partial charge on any atom is 0.211 e. The molecule has 0 aliphatic heterocycles. The van der Waals surface area contributed by atoms with Crippen LogP contribution in [0.5, 0.6) is 5.75 Å². The summed E-state index contributed by atoms with van der Waals surface area (Å²) in [5, 5.41) is 2.66. The van der Waals surface area contributed by atoms with Gasteiger partial charge in [-0.05, 0) is 49.6 Å². The van der Waals surface area contributed by atoms with Crippen molar-refractivity contribution in [2.45, 2.75) is 20.8 Å². The zero-order valence-electron chi connectivity index (χ0n) is 9.96. The van der Waals surface area contributed by atoms with Gasteiger partial charge < -0.3 is 10.1 Å². The average molecular weight is 219 g/mol. The normalized spacial score (nSPS) is 9.69. The number of carbonyl (C=O) groups is 1. The molecule has 0 aromatic heterocycles. The minimum atomic E-state index is 0.515. The van der Waals surface area contributed by atoms with Gasteiger partial charge in [-0.2, -0.15) is 0 Å². The van der Waals surface area contributed by atoms with E-state index in [9.17, 15) is 4.79 Å². The molecule has 86 valence electrons. The maximum atomic E-state index is 10.4. The van der Waals surface area contributed by atoms with E-state index >= 15 is 0 Å². The molecule has 1 amide bonds. The Bertz CT molecular complexity index is 411. The second-order valence-electron chi connectivity index (χ2n) is 3.94. The fourth-order valence-corrected chi connectivity index (χ4v) is 1.37. The minimum absolute atomic E-state index is 0.515. The standard InChI is InChI=1S/C13H17NO2/c1-9(2)7-16-13-6-10(3)12(14-8-15)5-11(13)4/h5-6,8H,1,7H2,2-4H3,(H,14,15). The first-order chi connectivity index (χ1) is 7.54. The Kier molecular flexibility index (Phi) is 4.11. The highest BCUT2D eigenvalue weighted by molar-refractivity contribution is 5.74. The molecule has 0 fully saturated rings. The molecule has 1 aromatic carbocycles. The van der Waals surface area contributed by atoms with Crippen LogP contribution in [0.2, 0.25) is 0 Å². The van der Waals surface area contributed by atoms with Crippen molar-refractivity contribution < 1.29 is 9.53 Å². The Morgan fingerprint density at radius 2 is 2.12 bits per heavy atom. The predicted molar refractivity (Wildman–Crippen MR) is 65.9 cm³/mol. The van der Waals surface area contributed by atoms with E-state index in [1.807, 2.05) is 32.9 Å². The topological polar surface area (TPSA) is 38.3 Å². The number of aryl methyl sites for hydroxylation is 2. The van der Waals surface area contributed by atoms with Crippen LogP contribution in [0.4, 0.5) is 5.69 Å². The highest BCUT2D eigenvalue weighted by atomic mass is 16.5. The first-order valence-corrected chi connectivity index (χ1v) is 5.13. The van der Waals surface area contributed by atoms with Gasteiger partial charge in [-0.25, -0.2) is 0 Å². The molecule has 1 N–H and O–H groups in total. The summed E-state index contributed by atoms with van der Waals surface area (Å²) < 4.78 is 5.60. The van der Waals surface area contributed by atoms with Crippen molar-refractivity contribution >= 4 is 12.1 Å². The molecule has 0 spiro atoms. The number of amides is 1. The summed E-state index contributed by atoms with van der Waals surface area (Å²) >= 11 is 0. The fourth-order valence-electron chi connectivity index (χ4n) is 1.37. The van der Waals surface area contributed by atoms with Crippen LogP contribution in [0.1, 0.15) is 18.1 Å². The largest absolute Gasteiger partial charge is 0.489 e. The summed E-state index contributed by atoms with van der Waals surface area (Å²) in [6.07, 6.45) is 0.677. The number of anilines is 1. The van der Waals surface area contributed by atoms with E-state index < -0.39 is 0 Å². The summed E-state index contributed by atoms with van der Waals surface area (Å²) in [5.74, 6) is 0.831. The monoisotopic (exact) mass is 219 g/mol. The molecule has 0 unspecified atom stereocenters. The van der Waals surface area contributed by atoms with Gasteiger partial charge in [0.25, 0.3) is 0 Å². The van der Waals surface area contributed by atoms with Gasteiger partial charge in [-0.15, -0.1) is 0 Å². The average Bonchev–Trinajstić information content (AvgIpc) is 2.21.